The van der Waals surface area contributed by atoms with E-state index in [2.05, 4.69) is 15.3 Å². The lowest BCUT2D eigenvalue weighted by atomic mass is 10.0. The number of hydrogen-bond donors (Lipinski definition) is 2. The third-order valence-corrected chi connectivity index (χ3v) is 3.80. The predicted molar refractivity (Wildman–Crippen MR) is 68.3 cm³/mol. The normalized spacial score (nSPS) is 16.9. The van der Waals surface area contributed by atoms with Crippen molar-refractivity contribution < 1.29 is 5.11 Å². The van der Waals surface area contributed by atoms with Gasteiger partial charge in [0, 0.05) is 18.7 Å². The van der Waals surface area contributed by atoms with Crippen molar-refractivity contribution in [3.05, 3.63) is 17.0 Å². The monoisotopic (exact) mass is 255 g/mol. The van der Waals surface area contributed by atoms with E-state index in [4.69, 9.17) is 16.7 Å². The van der Waals surface area contributed by atoms with Gasteiger partial charge in [-0.3, -0.25) is 0 Å². The fourth-order valence-electron chi connectivity index (χ4n) is 2.06. The van der Waals surface area contributed by atoms with E-state index in [-0.39, 0.29) is 12.0 Å². The van der Waals surface area contributed by atoms with E-state index in [0.717, 1.165) is 30.8 Å². The van der Waals surface area contributed by atoms with Gasteiger partial charge in [-0.2, -0.15) is 0 Å². The Balaban J connectivity index is 2.02. The number of aromatic nitrogens is 2. The first-order chi connectivity index (χ1) is 8.21. The van der Waals surface area contributed by atoms with Gasteiger partial charge in [-0.25, -0.2) is 9.97 Å². The molecule has 2 rings (SSSR count). The zero-order valence-electron chi connectivity index (χ0n) is 10.0. The van der Waals surface area contributed by atoms with Gasteiger partial charge in [-0.1, -0.05) is 18.5 Å². The van der Waals surface area contributed by atoms with Gasteiger partial charge in [0.2, 0.25) is 0 Å². The molecule has 0 spiro atoms. The number of nitrogens with zero attached hydrogens (tertiary/aromatic N) is 2. The van der Waals surface area contributed by atoms with Crippen LogP contribution in [0.15, 0.2) is 6.33 Å². The molecule has 0 atom stereocenters. The highest BCUT2D eigenvalue weighted by Crippen LogP contribution is 2.48. The molecule has 1 saturated carbocycles. The highest BCUT2D eigenvalue weighted by molar-refractivity contribution is 6.30. The molecule has 94 valence electrons. The van der Waals surface area contributed by atoms with Gasteiger partial charge in [0.15, 0.2) is 0 Å². The van der Waals surface area contributed by atoms with Crippen LogP contribution in [-0.4, -0.2) is 28.2 Å². The van der Waals surface area contributed by atoms with Gasteiger partial charge >= 0.3 is 0 Å². The van der Waals surface area contributed by atoms with E-state index in [0.29, 0.717) is 5.15 Å². The fraction of sp³-hybridized carbons (Fsp3) is 0.667. The van der Waals surface area contributed by atoms with Crippen LogP contribution in [0.1, 0.15) is 31.7 Å². The van der Waals surface area contributed by atoms with Gasteiger partial charge in [-0.05, 0) is 31.1 Å². The first-order valence-corrected chi connectivity index (χ1v) is 6.43. The molecule has 1 aromatic heterocycles. The number of aliphatic hydroxyl groups is 1. The fourth-order valence-corrected chi connectivity index (χ4v) is 2.32. The number of rotatable bonds is 6. The second-order valence-corrected chi connectivity index (χ2v) is 5.03. The van der Waals surface area contributed by atoms with Gasteiger partial charge < -0.3 is 10.4 Å². The van der Waals surface area contributed by atoms with Crippen LogP contribution in [0.2, 0.25) is 5.15 Å². The van der Waals surface area contributed by atoms with Crippen molar-refractivity contribution in [2.45, 2.75) is 32.6 Å². The summed E-state index contributed by atoms with van der Waals surface area (Å²) in [6.07, 6.45) is 5.52. The predicted octanol–water partition coefficient (Wildman–Crippen LogP) is 2.27. The Morgan fingerprint density at radius 1 is 1.47 bits per heavy atom. The molecule has 1 aliphatic carbocycles. The van der Waals surface area contributed by atoms with Gasteiger partial charge in [0.25, 0.3) is 0 Å². The van der Waals surface area contributed by atoms with Crippen molar-refractivity contribution in [3.63, 3.8) is 0 Å². The first-order valence-electron chi connectivity index (χ1n) is 6.05. The van der Waals surface area contributed by atoms with Crippen molar-refractivity contribution in [1.29, 1.82) is 0 Å². The van der Waals surface area contributed by atoms with Crippen LogP contribution in [-0.2, 0) is 6.42 Å². The molecule has 1 aliphatic rings. The lowest BCUT2D eigenvalue weighted by Crippen LogP contribution is -2.18. The standard InChI is InChI=1S/C12H18ClN3O/c1-2-9-10(13)15-8-16-11(9)14-7-12(3-4-12)5-6-17/h8,17H,2-7H2,1H3,(H,14,15,16). The lowest BCUT2D eigenvalue weighted by Gasteiger charge is -2.16. The molecule has 0 saturated heterocycles. The molecular weight excluding hydrogens is 238 g/mol. The molecule has 0 unspecified atom stereocenters. The number of halogens is 1. The first kappa shape index (κ1) is 12.6. The minimum Gasteiger partial charge on any atom is -0.396 e. The number of aliphatic hydroxyl groups excluding tert-OH is 1. The minimum atomic E-state index is 0.257. The van der Waals surface area contributed by atoms with E-state index in [1.54, 1.807) is 0 Å². The highest BCUT2D eigenvalue weighted by atomic mass is 35.5. The maximum absolute atomic E-state index is 9.01. The van der Waals surface area contributed by atoms with Crippen LogP contribution in [0.25, 0.3) is 0 Å². The van der Waals surface area contributed by atoms with Crippen molar-refractivity contribution >= 4 is 17.4 Å². The van der Waals surface area contributed by atoms with Crippen LogP contribution in [0.5, 0.6) is 0 Å². The van der Waals surface area contributed by atoms with Crippen molar-refractivity contribution in [2.24, 2.45) is 5.41 Å². The van der Waals surface area contributed by atoms with Crippen molar-refractivity contribution in [3.8, 4) is 0 Å². The van der Waals surface area contributed by atoms with E-state index >= 15 is 0 Å². The van der Waals surface area contributed by atoms with Gasteiger partial charge in [0.1, 0.15) is 17.3 Å². The van der Waals surface area contributed by atoms with Gasteiger partial charge in [-0.15, -0.1) is 0 Å². The molecular formula is C12H18ClN3O. The minimum absolute atomic E-state index is 0.257. The molecule has 0 aromatic carbocycles. The molecule has 0 radical (unpaired) electrons. The van der Waals surface area contributed by atoms with Crippen molar-refractivity contribution in [1.82, 2.24) is 9.97 Å². The quantitative estimate of drug-likeness (QED) is 0.766. The van der Waals surface area contributed by atoms with Crippen LogP contribution < -0.4 is 5.32 Å². The summed E-state index contributed by atoms with van der Waals surface area (Å²) in [7, 11) is 0. The summed E-state index contributed by atoms with van der Waals surface area (Å²) in [5.41, 5.74) is 1.24. The summed E-state index contributed by atoms with van der Waals surface area (Å²) in [6, 6.07) is 0. The van der Waals surface area contributed by atoms with Crippen LogP contribution in [0.4, 0.5) is 5.82 Å². The molecule has 1 aromatic rings. The van der Waals surface area contributed by atoms with E-state index in [9.17, 15) is 0 Å². The SMILES string of the molecule is CCc1c(Cl)ncnc1NCC1(CCO)CC1. The van der Waals surface area contributed by atoms with Crippen LogP contribution in [0.3, 0.4) is 0 Å². The van der Waals surface area contributed by atoms with E-state index < -0.39 is 0 Å². The third kappa shape index (κ3) is 2.87. The Morgan fingerprint density at radius 2 is 2.24 bits per heavy atom. The average Bonchev–Trinajstić information content (AvgIpc) is 3.07. The molecule has 0 aliphatic heterocycles. The smallest absolute Gasteiger partial charge is 0.137 e. The molecule has 0 bridgehead atoms. The summed E-state index contributed by atoms with van der Waals surface area (Å²) >= 11 is 6.03. The summed E-state index contributed by atoms with van der Waals surface area (Å²) in [5.74, 6) is 0.830. The molecule has 2 N–H and O–H groups in total. The number of anilines is 1. The lowest BCUT2D eigenvalue weighted by molar-refractivity contribution is 0.253. The van der Waals surface area contributed by atoms with E-state index in [1.807, 2.05) is 6.92 Å². The third-order valence-electron chi connectivity index (χ3n) is 3.48. The second kappa shape index (κ2) is 5.19. The second-order valence-electron chi connectivity index (χ2n) is 4.67. The molecule has 1 fully saturated rings. The summed E-state index contributed by atoms with van der Waals surface area (Å²) in [5, 5.41) is 12.9. The summed E-state index contributed by atoms with van der Waals surface area (Å²) in [6.45, 7) is 3.15. The number of nitrogens with one attached hydrogen (secondary N) is 1. The Hall–Kier alpha value is -0.870. The molecule has 1 heterocycles. The van der Waals surface area contributed by atoms with Crippen LogP contribution >= 0.6 is 11.6 Å². The Morgan fingerprint density at radius 3 is 2.82 bits per heavy atom. The Labute approximate surface area is 106 Å². The highest BCUT2D eigenvalue weighted by Gasteiger charge is 2.41. The Kier molecular flexibility index (Phi) is 3.84. The summed E-state index contributed by atoms with van der Waals surface area (Å²) < 4.78 is 0. The molecule has 5 heteroatoms. The summed E-state index contributed by atoms with van der Waals surface area (Å²) in [4.78, 5) is 8.21. The van der Waals surface area contributed by atoms with E-state index in [1.165, 1.54) is 19.2 Å². The molecule has 4 nitrogen and oxygen atoms in total. The largest absolute Gasteiger partial charge is 0.396 e. The molecule has 0 amide bonds. The topological polar surface area (TPSA) is 58.0 Å². The van der Waals surface area contributed by atoms with Crippen molar-refractivity contribution in [2.75, 3.05) is 18.5 Å². The zero-order valence-corrected chi connectivity index (χ0v) is 10.8. The zero-order chi connectivity index (χ0) is 12.3. The maximum atomic E-state index is 9.01. The van der Waals surface area contributed by atoms with Crippen LogP contribution in [0, 0.1) is 5.41 Å². The average molecular weight is 256 g/mol. The Bertz CT molecular complexity index is 393. The molecule has 17 heavy (non-hydrogen) atoms. The maximum Gasteiger partial charge on any atom is 0.137 e. The van der Waals surface area contributed by atoms with Gasteiger partial charge in [0.05, 0.1) is 0 Å². The number of hydrogen-bond acceptors (Lipinski definition) is 4.